The van der Waals surface area contributed by atoms with Crippen LogP contribution in [0.25, 0.3) is 11.1 Å². The summed E-state index contributed by atoms with van der Waals surface area (Å²) in [6.45, 7) is 11.4. The number of ether oxygens (including phenoxy) is 2. The van der Waals surface area contributed by atoms with Gasteiger partial charge in [0.15, 0.2) is 6.04 Å². The number of esters is 1. The number of aryl methyl sites for hydroxylation is 1. The Morgan fingerprint density at radius 2 is 1.80 bits per heavy atom. The summed E-state index contributed by atoms with van der Waals surface area (Å²) in [6.07, 6.45) is 3.14. The topological polar surface area (TPSA) is 97.2 Å². The largest absolute Gasteiger partial charge is 0.464 e. The second-order valence-electron chi connectivity index (χ2n) is 13.7. The average molecular weight is 616 g/mol. The second kappa shape index (κ2) is 10.6. The Labute approximate surface area is 261 Å². The number of likely N-dealkylation sites (tertiary alicyclic amines) is 1. The van der Waals surface area contributed by atoms with Gasteiger partial charge >= 0.3 is 12.1 Å². The summed E-state index contributed by atoms with van der Waals surface area (Å²) in [6, 6.07) is 10.0. The Morgan fingerprint density at radius 3 is 2.49 bits per heavy atom. The van der Waals surface area contributed by atoms with Crippen molar-refractivity contribution in [1.82, 2.24) is 19.4 Å². The third kappa shape index (κ3) is 5.11. The van der Waals surface area contributed by atoms with Crippen LogP contribution in [0.2, 0.25) is 0 Å². The predicted octanol–water partition coefficient (Wildman–Crippen LogP) is 4.95. The van der Waals surface area contributed by atoms with Crippen LogP contribution in [-0.2, 0) is 33.8 Å². The van der Waals surface area contributed by atoms with Crippen LogP contribution in [0.5, 0.6) is 0 Å². The lowest BCUT2D eigenvalue weighted by Gasteiger charge is -2.60. The Morgan fingerprint density at radius 1 is 1.07 bits per heavy atom. The Hall–Kier alpha value is -4.41. The Kier molecular flexibility index (Phi) is 6.90. The van der Waals surface area contributed by atoms with Crippen molar-refractivity contribution in [3.8, 4) is 11.1 Å². The first-order valence-electron chi connectivity index (χ1n) is 15.6. The summed E-state index contributed by atoms with van der Waals surface area (Å²) in [4.78, 5) is 49.2. The molecule has 5 heterocycles. The molecule has 0 N–H and O–H groups in total. The van der Waals surface area contributed by atoms with Gasteiger partial charge in [-0.1, -0.05) is 12.1 Å². The van der Waals surface area contributed by atoms with Crippen molar-refractivity contribution in [1.29, 1.82) is 0 Å². The smallest absolute Gasteiger partial charge is 0.410 e. The van der Waals surface area contributed by atoms with Crippen LogP contribution in [0.4, 0.5) is 14.9 Å². The quantitative estimate of drug-likeness (QED) is 0.362. The number of imidazole rings is 1. The third-order valence-corrected chi connectivity index (χ3v) is 9.21. The van der Waals surface area contributed by atoms with Crippen LogP contribution >= 0.6 is 0 Å². The molecule has 7 rings (SSSR count). The van der Waals surface area contributed by atoms with Crippen LogP contribution < -0.4 is 4.90 Å². The summed E-state index contributed by atoms with van der Waals surface area (Å²) in [5, 5.41) is 0. The molecule has 236 valence electrons. The molecule has 0 aliphatic carbocycles. The molecular weight excluding hydrogens is 577 g/mol. The molecule has 1 spiro atoms. The number of hydrogen-bond donors (Lipinski definition) is 0. The minimum Gasteiger partial charge on any atom is -0.464 e. The standard InChI is InChI=1S/C34H38FN5O5/c1-5-44-31(42)29(28-27-7-6-12-37(27)20-36-28)40-15-25-24(30(40)41)13-22(14-26(25)35)21-8-10-23(11-9-21)38-16-34(17-38)18-39(19-34)32(43)45-33(2,3)4/h8-11,13-14,20,29H,5-7,12,15-19H2,1-4H3. The number of aromatic nitrogens is 2. The second-order valence-corrected chi connectivity index (χ2v) is 13.7. The first-order chi connectivity index (χ1) is 21.4. The number of hydrogen-bond acceptors (Lipinski definition) is 7. The number of benzene rings is 2. The van der Waals surface area contributed by atoms with Gasteiger partial charge in [-0.05, 0) is 75.9 Å². The maximum atomic E-state index is 15.6. The van der Waals surface area contributed by atoms with Gasteiger partial charge in [-0.2, -0.15) is 0 Å². The lowest BCUT2D eigenvalue weighted by Crippen LogP contribution is -2.73. The normalized spacial score (nSPS) is 18.8. The highest BCUT2D eigenvalue weighted by molar-refractivity contribution is 6.02. The van der Waals surface area contributed by atoms with Gasteiger partial charge in [0.25, 0.3) is 5.91 Å². The van der Waals surface area contributed by atoms with Crippen LogP contribution in [-0.4, -0.2) is 75.7 Å². The van der Waals surface area contributed by atoms with E-state index in [9.17, 15) is 14.4 Å². The summed E-state index contributed by atoms with van der Waals surface area (Å²) in [7, 11) is 0. The van der Waals surface area contributed by atoms with Crippen LogP contribution in [0.15, 0.2) is 42.7 Å². The maximum absolute atomic E-state index is 15.6. The molecule has 0 saturated carbocycles. The van der Waals surface area contributed by atoms with Crippen LogP contribution in [0, 0.1) is 11.2 Å². The van der Waals surface area contributed by atoms with Gasteiger partial charge in [0, 0.05) is 60.6 Å². The van der Waals surface area contributed by atoms with Gasteiger partial charge in [0.2, 0.25) is 0 Å². The monoisotopic (exact) mass is 615 g/mol. The van der Waals surface area contributed by atoms with Crippen molar-refractivity contribution in [2.45, 2.75) is 65.3 Å². The minimum absolute atomic E-state index is 0.0307. The molecule has 1 atom stereocenters. The van der Waals surface area contributed by atoms with E-state index in [1.165, 1.54) is 11.0 Å². The molecule has 3 aromatic rings. The van der Waals surface area contributed by atoms with Gasteiger partial charge in [0.1, 0.15) is 11.4 Å². The molecule has 4 aliphatic rings. The molecule has 2 saturated heterocycles. The van der Waals surface area contributed by atoms with Crippen molar-refractivity contribution in [3.05, 3.63) is 71.1 Å². The van der Waals surface area contributed by atoms with E-state index in [2.05, 4.69) is 9.88 Å². The van der Waals surface area contributed by atoms with Gasteiger partial charge in [0.05, 0.1) is 25.2 Å². The van der Waals surface area contributed by atoms with Crippen LogP contribution in [0.1, 0.15) is 67.5 Å². The number of carbonyl (C=O) groups is 3. The van der Waals surface area contributed by atoms with Gasteiger partial charge in [-0.15, -0.1) is 0 Å². The van der Waals surface area contributed by atoms with Gasteiger partial charge in [-0.3, -0.25) is 4.79 Å². The molecule has 0 radical (unpaired) electrons. The summed E-state index contributed by atoms with van der Waals surface area (Å²) < 4.78 is 28.4. The van der Waals surface area contributed by atoms with Crippen molar-refractivity contribution >= 4 is 23.7 Å². The van der Waals surface area contributed by atoms with Crippen LogP contribution in [0.3, 0.4) is 0 Å². The van der Waals surface area contributed by atoms with E-state index in [-0.39, 0.29) is 35.8 Å². The zero-order valence-corrected chi connectivity index (χ0v) is 26.1. The molecule has 10 nitrogen and oxygen atoms in total. The van der Waals surface area contributed by atoms with Crippen molar-refractivity contribution in [2.75, 3.05) is 37.7 Å². The fourth-order valence-corrected chi connectivity index (χ4v) is 7.13. The van der Waals surface area contributed by atoms with E-state index in [1.54, 1.807) is 24.2 Å². The number of rotatable bonds is 6. The first-order valence-corrected chi connectivity index (χ1v) is 15.6. The van der Waals surface area contributed by atoms with E-state index in [0.717, 1.165) is 49.4 Å². The van der Waals surface area contributed by atoms with E-state index in [0.29, 0.717) is 24.3 Å². The van der Waals surface area contributed by atoms with Gasteiger partial charge < -0.3 is 28.7 Å². The fraction of sp³-hybridized carbons (Fsp3) is 0.471. The maximum Gasteiger partial charge on any atom is 0.410 e. The van der Waals surface area contributed by atoms with Crippen molar-refractivity contribution < 1.29 is 28.2 Å². The molecule has 11 heteroatoms. The zero-order valence-electron chi connectivity index (χ0n) is 26.1. The third-order valence-electron chi connectivity index (χ3n) is 9.21. The fourth-order valence-electron chi connectivity index (χ4n) is 7.13. The first kappa shape index (κ1) is 29.3. The number of anilines is 1. The van der Waals surface area contributed by atoms with Crippen molar-refractivity contribution in [3.63, 3.8) is 0 Å². The molecule has 1 aromatic heterocycles. The van der Waals surface area contributed by atoms with E-state index < -0.39 is 29.3 Å². The molecule has 2 fully saturated rings. The van der Waals surface area contributed by atoms with E-state index >= 15 is 4.39 Å². The SMILES string of the molecule is CCOC(=O)C(c1ncn2c1CCC2)N1Cc2c(F)cc(-c3ccc(N4CC5(CN(C(=O)OC(C)(C)C)C5)C4)cc3)cc2C1=O. The highest BCUT2D eigenvalue weighted by Gasteiger charge is 2.54. The number of halogens is 1. The van der Waals surface area contributed by atoms with Crippen molar-refractivity contribution in [2.24, 2.45) is 5.41 Å². The lowest BCUT2D eigenvalue weighted by molar-refractivity contribution is -0.149. The molecule has 1 unspecified atom stereocenters. The number of fused-ring (bicyclic) bond motifs is 2. The highest BCUT2D eigenvalue weighted by Crippen LogP contribution is 2.43. The molecule has 2 aromatic carbocycles. The Balaban J connectivity index is 1.05. The van der Waals surface area contributed by atoms with E-state index in [1.807, 2.05) is 49.6 Å². The van der Waals surface area contributed by atoms with Gasteiger partial charge in [-0.25, -0.2) is 19.0 Å². The molecule has 2 amide bonds. The predicted molar refractivity (Wildman–Crippen MR) is 164 cm³/mol. The number of nitrogens with zero attached hydrogens (tertiary/aromatic N) is 5. The molecule has 0 bridgehead atoms. The summed E-state index contributed by atoms with van der Waals surface area (Å²) >= 11 is 0. The highest BCUT2D eigenvalue weighted by atomic mass is 19.1. The molecular formula is C34H38FN5O5. The Bertz CT molecular complexity index is 1680. The average Bonchev–Trinajstić information content (AvgIpc) is 3.64. The number of carbonyl (C=O) groups excluding carboxylic acids is 3. The lowest BCUT2D eigenvalue weighted by atomic mass is 9.73. The number of amides is 2. The molecule has 4 aliphatic heterocycles. The summed E-state index contributed by atoms with van der Waals surface area (Å²) in [5.41, 5.74) is 3.98. The summed E-state index contributed by atoms with van der Waals surface area (Å²) in [5.74, 6) is -1.45. The van der Waals surface area contributed by atoms with E-state index in [4.69, 9.17) is 9.47 Å². The molecule has 45 heavy (non-hydrogen) atoms. The zero-order chi connectivity index (χ0) is 31.7. The minimum atomic E-state index is -1.03.